The molecule has 0 amide bonds. The van der Waals surface area contributed by atoms with Crippen molar-refractivity contribution in [1.29, 1.82) is 0 Å². The number of esters is 1. The minimum absolute atomic E-state index is 0.128. The first-order chi connectivity index (χ1) is 10.5. The fourth-order valence-electron chi connectivity index (χ4n) is 2.44. The van der Waals surface area contributed by atoms with Crippen LogP contribution in [0.25, 0.3) is 0 Å². The number of carbonyl (C=O) groups excluding carboxylic acids is 1. The number of carbonyl (C=O) groups is 1. The third kappa shape index (κ3) is 4.73. The maximum atomic E-state index is 11.9. The van der Waals surface area contributed by atoms with Crippen LogP contribution < -0.4 is 5.32 Å². The molecule has 1 N–H and O–H groups in total. The summed E-state index contributed by atoms with van der Waals surface area (Å²) in [6.45, 7) is 3.60. The van der Waals surface area contributed by atoms with Crippen molar-refractivity contribution in [2.75, 3.05) is 25.0 Å². The fourth-order valence-corrected chi connectivity index (χ4v) is 3.25. The second-order valence-electron chi connectivity index (χ2n) is 5.13. The molecule has 7 heteroatoms. The highest BCUT2D eigenvalue weighted by atomic mass is 35.5. The molecule has 0 bridgehead atoms. The molecule has 0 saturated carbocycles. The topological polar surface area (TPSA) is 41.6 Å². The van der Waals surface area contributed by atoms with E-state index in [4.69, 9.17) is 40.2 Å². The van der Waals surface area contributed by atoms with E-state index in [1.807, 2.05) is 11.8 Å². The van der Waals surface area contributed by atoms with Crippen LogP contribution >= 0.6 is 35.4 Å². The molecule has 120 valence electrons. The van der Waals surface area contributed by atoms with Crippen molar-refractivity contribution in [1.82, 2.24) is 4.90 Å². The minimum Gasteiger partial charge on any atom is -0.466 e. The summed E-state index contributed by atoms with van der Waals surface area (Å²) < 4.78 is 5.09. The van der Waals surface area contributed by atoms with Gasteiger partial charge in [-0.15, -0.1) is 0 Å². The lowest BCUT2D eigenvalue weighted by molar-refractivity contribution is -0.149. The molecule has 1 aromatic carbocycles. The van der Waals surface area contributed by atoms with Gasteiger partial charge in [-0.3, -0.25) is 4.79 Å². The molecule has 0 aromatic heterocycles. The van der Waals surface area contributed by atoms with Gasteiger partial charge >= 0.3 is 5.97 Å². The molecule has 1 heterocycles. The van der Waals surface area contributed by atoms with Gasteiger partial charge in [0, 0.05) is 28.8 Å². The first-order valence-electron chi connectivity index (χ1n) is 7.18. The number of rotatable bonds is 3. The Morgan fingerprint density at radius 3 is 2.73 bits per heavy atom. The zero-order valence-corrected chi connectivity index (χ0v) is 14.6. The highest BCUT2D eigenvalue weighted by molar-refractivity contribution is 7.80. The average molecular weight is 361 g/mol. The summed E-state index contributed by atoms with van der Waals surface area (Å²) in [5.74, 6) is -0.280. The summed E-state index contributed by atoms with van der Waals surface area (Å²) >= 11 is 17.4. The minimum atomic E-state index is -0.152. The Bertz CT molecular complexity index is 548. The van der Waals surface area contributed by atoms with Gasteiger partial charge < -0.3 is 15.0 Å². The maximum Gasteiger partial charge on any atom is 0.310 e. The van der Waals surface area contributed by atoms with E-state index in [0.717, 1.165) is 25.1 Å². The van der Waals surface area contributed by atoms with E-state index < -0.39 is 0 Å². The van der Waals surface area contributed by atoms with E-state index in [1.54, 1.807) is 18.2 Å². The third-order valence-corrected chi connectivity index (χ3v) is 4.24. The van der Waals surface area contributed by atoms with Crippen molar-refractivity contribution < 1.29 is 9.53 Å². The van der Waals surface area contributed by atoms with Crippen molar-refractivity contribution in [3.63, 3.8) is 0 Å². The predicted octanol–water partition coefficient (Wildman–Crippen LogP) is 3.97. The molecular weight excluding hydrogens is 343 g/mol. The number of halogens is 2. The summed E-state index contributed by atoms with van der Waals surface area (Å²) in [6.07, 6.45) is 1.74. The van der Waals surface area contributed by atoms with Gasteiger partial charge in [0.05, 0.1) is 12.5 Å². The zero-order chi connectivity index (χ0) is 16.1. The van der Waals surface area contributed by atoms with Gasteiger partial charge in [0.25, 0.3) is 0 Å². The Labute approximate surface area is 145 Å². The quantitative estimate of drug-likeness (QED) is 0.652. The summed E-state index contributed by atoms with van der Waals surface area (Å²) in [7, 11) is 0. The molecule has 1 atom stereocenters. The lowest BCUT2D eigenvalue weighted by Gasteiger charge is -2.33. The number of ether oxygens (including phenoxy) is 1. The van der Waals surface area contributed by atoms with Crippen LogP contribution in [-0.2, 0) is 9.53 Å². The van der Waals surface area contributed by atoms with Crippen LogP contribution in [0.3, 0.4) is 0 Å². The highest BCUT2D eigenvalue weighted by Gasteiger charge is 2.28. The van der Waals surface area contributed by atoms with Crippen LogP contribution in [0.4, 0.5) is 5.69 Å². The number of hydrogen-bond donors (Lipinski definition) is 1. The molecule has 0 radical (unpaired) electrons. The summed E-state index contributed by atoms with van der Waals surface area (Å²) in [4.78, 5) is 13.8. The molecule has 1 aliphatic heterocycles. The Hall–Kier alpha value is -1.04. The van der Waals surface area contributed by atoms with Crippen LogP contribution in [-0.4, -0.2) is 35.7 Å². The summed E-state index contributed by atoms with van der Waals surface area (Å²) in [5.41, 5.74) is 0.737. The largest absolute Gasteiger partial charge is 0.466 e. The Kier molecular flexibility index (Phi) is 6.29. The number of nitrogens with one attached hydrogen (secondary N) is 1. The van der Waals surface area contributed by atoms with Crippen molar-refractivity contribution in [3.8, 4) is 0 Å². The lowest BCUT2D eigenvalue weighted by Crippen LogP contribution is -2.44. The summed E-state index contributed by atoms with van der Waals surface area (Å²) in [6, 6.07) is 5.17. The maximum absolute atomic E-state index is 11.9. The molecule has 0 unspecified atom stereocenters. The number of likely N-dealkylation sites (tertiary alicyclic amines) is 1. The third-order valence-electron chi connectivity index (χ3n) is 3.44. The van der Waals surface area contributed by atoms with Crippen molar-refractivity contribution in [3.05, 3.63) is 28.2 Å². The number of piperidine rings is 1. The van der Waals surface area contributed by atoms with Crippen LogP contribution in [0.1, 0.15) is 19.8 Å². The Morgan fingerprint density at radius 1 is 1.41 bits per heavy atom. The number of thiocarbonyl (C=S) groups is 1. The molecule has 4 nitrogen and oxygen atoms in total. The SMILES string of the molecule is CCOC(=O)[C@@H]1CCCN(C(=S)Nc2cc(Cl)cc(Cl)c2)C1. The molecule has 1 saturated heterocycles. The molecule has 1 aromatic rings. The van der Waals surface area contributed by atoms with E-state index in [-0.39, 0.29) is 11.9 Å². The molecule has 0 aliphatic carbocycles. The van der Waals surface area contributed by atoms with Crippen LogP contribution in [0.5, 0.6) is 0 Å². The van der Waals surface area contributed by atoms with Gasteiger partial charge in [-0.05, 0) is 50.2 Å². The Balaban J connectivity index is 1.98. The van der Waals surface area contributed by atoms with Gasteiger partial charge in [-0.25, -0.2) is 0 Å². The first kappa shape index (κ1) is 17.3. The molecule has 22 heavy (non-hydrogen) atoms. The Morgan fingerprint density at radius 2 is 2.09 bits per heavy atom. The summed E-state index contributed by atoms with van der Waals surface area (Å²) in [5, 5.41) is 4.77. The van der Waals surface area contributed by atoms with Crippen LogP contribution in [0.15, 0.2) is 18.2 Å². The standard InChI is InChI=1S/C15H18Cl2N2O2S/c1-2-21-14(20)10-4-3-5-19(9-10)15(22)18-13-7-11(16)6-12(17)8-13/h6-8,10H,2-5,9H2,1H3,(H,18,22)/t10-/m1/s1. The fraction of sp³-hybridized carbons (Fsp3) is 0.467. The van der Waals surface area contributed by atoms with E-state index in [0.29, 0.717) is 28.3 Å². The van der Waals surface area contributed by atoms with Crippen LogP contribution in [0.2, 0.25) is 10.0 Å². The van der Waals surface area contributed by atoms with Gasteiger partial charge in [0.2, 0.25) is 0 Å². The molecule has 1 aliphatic rings. The van der Waals surface area contributed by atoms with Gasteiger partial charge in [-0.2, -0.15) is 0 Å². The lowest BCUT2D eigenvalue weighted by atomic mass is 9.98. The van der Waals surface area contributed by atoms with Gasteiger partial charge in [0.15, 0.2) is 5.11 Å². The number of nitrogens with zero attached hydrogens (tertiary/aromatic N) is 1. The zero-order valence-electron chi connectivity index (χ0n) is 12.3. The molecule has 0 spiro atoms. The molecular formula is C15H18Cl2N2O2S. The van der Waals surface area contributed by atoms with Crippen molar-refractivity contribution >= 4 is 52.2 Å². The van der Waals surface area contributed by atoms with E-state index >= 15 is 0 Å². The monoisotopic (exact) mass is 360 g/mol. The number of hydrogen-bond acceptors (Lipinski definition) is 3. The second-order valence-corrected chi connectivity index (χ2v) is 6.39. The van der Waals surface area contributed by atoms with Crippen molar-refractivity contribution in [2.24, 2.45) is 5.92 Å². The van der Waals surface area contributed by atoms with Gasteiger partial charge in [-0.1, -0.05) is 23.2 Å². The predicted molar refractivity (Wildman–Crippen MR) is 93.6 cm³/mol. The van der Waals surface area contributed by atoms with E-state index in [9.17, 15) is 4.79 Å². The van der Waals surface area contributed by atoms with Crippen LogP contribution in [0, 0.1) is 5.92 Å². The van der Waals surface area contributed by atoms with Gasteiger partial charge in [0.1, 0.15) is 0 Å². The molecule has 1 fully saturated rings. The average Bonchev–Trinajstić information content (AvgIpc) is 2.46. The van der Waals surface area contributed by atoms with E-state index in [2.05, 4.69) is 5.32 Å². The van der Waals surface area contributed by atoms with Crippen molar-refractivity contribution in [2.45, 2.75) is 19.8 Å². The first-order valence-corrected chi connectivity index (χ1v) is 8.34. The second kappa shape index (κ2) is 7.99. The normalized spacial score (nSPS) is 18.0. The molecule has 2 rings (SSSR count). The highest BCUT2D eigenvalue weighted by Crippen LogP contribution is 2.24. The van der Waals surface area contributed by atoms with E-state index in [1.165, 1.54) is 0 Å². The smallest absolute Gasteiger partial charge is 0.310 e. The number of benzene rings is 1. The number of anilines is 1.